The number of nitrogens with zero attached hydrogens (tertiary/aromatic N) is 2. The summed E-state index contributed by atoms with van der Waals surface area (Å²) in [7, 11) is 1.90. The number of rotatable bonds is 5. The monoisotopic (exact) mass is 275 g/mol. The minimum absolute atomic E-state index is 0.163. The molecule has 4 nitrogen and oxygen atoms in total. The lowest BCUT2D eigenvalue weighted by Gasteiger charge is -2.39. The molecule has 0 saturated carbocycles. The Labute approximate surface area is 121 Å². The zero-order chi connectivity index (χ0) is 14.4. The number of nitrogens with one attached hydrogen (secondary N) is 1. The maximum absolute atomic E-state index is 12.9. The number of piperidine rings is 1. The molecule has 20 heavy (non-hydrogen) atoms. The average Bonchev–Trinajstić information content (AvgIpc) is 2.48. The molecule has 1 saturated heterocycles. The summed E-state index contributed by atoms with van der Waals surface area (Å²) in [6, 6.07) is 5.84. The fourth-order valence-electron chi connectivity index (χ4n) is 3.17. The summed E-state index contributed by atoms with van der Waals surface area (Å²) in [6.07, 6.45) is 5.72. The molecule has 1 N–H and O–H groups in total. The molecule has 4 heteroatoms. The van der Waals surface area contributed by atoms with Gasteiger partial charge in [0.05, 0.1) is 17.7 Å². The number of amides is 1. The fraction of sp³-hybridized carbons (Fsp3) is 0.625. The van der Waals surface area contributed by atoms with Crippen LogP contribution in [0.25, 0.3) is 0 Å². The summed E-state index contributed by atoms with van der Waals surface area (Å²) in [6.45, 7) is 4.65. The molecule has 0 atom stereocenters. The molecule has 1 aromatic rings. The molecule has 2 heterocycles. The van der Waals surface area contributed by atoms with Crippen molar-refractivity contribution in [2.75, 3.05) is 20.1 Å². The summed E-state index contributed by atoms with van der Waals surface area (Å²) in [5.41, 5.74) is 0.785. The van der Waals surface area contributed by atoms with Crippen molar-refractivity contribution in [1.29, 1.82) is 0 Å². The van der Waals surface area contributed by atoms with E-state index >= 15 is 0 Å². The van der Waals surface area contributed by atoms with Crippen LogP contribution < -0.4 is 5.32 Å². The van der Waals surface area contributed by atoms with Crippen LogP contribution in [0.5, 0.6) is 0 Å². The molecule has 1 aromatic heterocycles. The Morgan fingerprint density at radius 2 is 2.15 bits per heavy atom. The zero-order valence-electron chi connectivity index (χ0n) is 12.6. The highest BCUT2D eigenvalue weighted by molar-refractivity contribution is 5.82. The standard InChI is InChI=1S/C16H25N3O/c1-3-7-16(8-11-17-12-9-16)15(20)19(2)13-14-6-4-5-10-18-14/h4-6,10,17H,3,7-9,11-13H2,1-2H3. The summed E-state index contributed by atoms with van der Waals surface area (Å²) < 4.78 is 0. The third kappa shape index (κ3) is 3.37. The van der Waals surface area contributed by atoms with Crippen molar-refractivity contribution >= 4 is 5.91 Å². The van der Waals surface area contributed by atoms with Gasteiger partial charge in [-0.2, -0.15) is 0 Å². The Kier molecular flexibility index (Phi) is 5.12. The number of hydrogen-bond donors (Lipinski definition) is 1. The second-order valence-electron chi connectivity index (χ2n) is 5.76. The maximum atomic E-state index is 12.9. The fourth-order valence-corrected chi connectivity index (χ4v) is 3.17. The van der Waals surface area contributed by atoms with E-state index in [1.165, 1.54) is 0 Å². The maximum Gasteiger partial charge on any atom is 0.228 e. The van der Waals surface area contributed by atoms with E-state index in [4.69, 9.17) is 0 Å². The summed E-state index contributed by atoms with van der Waals surface area (Å²) in [5.74, 6) is 0.284. The molecule has 0 bridgehead atoms. The minimum Gasteiger partial charge on any atom is -0.339 e. The van der Waals surface area contributed by atoms with E-state index in [1.807, 2.05) is 30.1 Å². The highest BCUT2D eigenvalue weighted by atomic mass is 16.2. The largest absolute Gasteiger partial charge is 0.339 e. The molecule has 0 spiro atoms. The van der Waals surface area contributed by atoms with Crippen LogP contribution in [-0.2, 0) is 11.3 Å². The van der Waals surface area contributed by atoms with Crippen LogP contribution >= 0.6 is 0 Å². The van der Waals surface area contributed by atoms with Crippen molar-refractivity contribution < 1.29 is 4.79 Å². The predicted octanol–water partition coefficient (Wildman–Crippen LogP) is 2.21. The van der Waals surface area contributed by atoms with E-state index in [9.17, 15) is 4.79 Å². The van der Waals surface area contributed by atoms with E-state index < -0.39 is 0 Å². The van der Waals surface area contributed by atoms with Crippen LogP contribution in [0.4, 0.5) is 0 Å². The first-order valence-corrected chi connectivity index (χ1v) is 7.54. The Morgan fingerprint density at radius 1 is 1.40 bits per heavy atom. The number of hydrogen-bond acceptors (Lipinski definition) is 3. The lowest BCUT2D eigenvalue weighted by molar-refractivity contribution is -0.143. The van der Waals surface area contributed by atoms with E-state index in [1.54, 1.807) is 6.20 Å². The number of aromatic nitrogens is 1. The van der Waals surface area contributed by atoms with Crippen LogP contribution in [0.1, 0.15) is 38.3 Å². The summed E-state index contributed by atoms with van der Waals surface area (Å²) in [4.78, 5) is 19.0. The molecular formula is C16H25N3O. The molecule has 0 aromatic carbocycles. The molecule has 1 fully saturated rings. The topological polar surface area (TPSA) is 45.2 Å². The minimum atomic E-state index is -0.163. The summed E-state index contributed by atoms with van der Waals surface area (Å²) in [5, 5.41) is 3.36. The molecule has 2 rings (SSSR count). The number of carbonyl (C=O) groups is 1. The Hall–Kier alpha value is -1.42. The smallest absolute Gasteiger partial charge is 0.228 e. The van der Waals surface area contributed by atoms with Gasteiger partial charge in [-0.3, -0.25) is 9.78 Å². The first-order valence-electron chi connectivity index (χ1n) is 7.54. The van der Waals surface area contributed by atoms with Crippen molar-refractivity contribution in [3.63, 3.8) is 0 Å². The van der Waals surface area contributed by atoms with Crippen LogP contribution in [0.3, 0.4) is 0 Å². The van der Waals surface area contributed by atoms with Gasteiger partial charge in [0.15, 0.2) is 0 Å². The lowest BCUT2D eigenvalue weighted by Crippen LogP contribution is -2.48. The van der Waals surface area contributed by atoms with Crippen LogP contribution in [0.2, 0.25) is 0 Å². The van der Waals surface area contributed by atoms with Crippen LogP contribution in [0.15, 0.2) is 24.4 Å². The second kappa shape index (κ2) is 6.84. The SMILES string of the molecule is CCCC1(C(=O)N(C)Cc2ccccn2)CCNCC1. The Bertz CT molecular complexity index is 421. The van der Waals surface area contributed by atoms with Gasteiger partial charge in [0.25, 0.3) is 0 Å². The molecule has 110 valence electrons. The molecular weight excluding hydrogens is 250 g/mol. The highest BCUT2D eigenvalue weighted by Crippen LogP contribution is 2.36. The van der Waals surface area contributed by atoms with Crippen molar-refractivity contribution in [3.8, 4) is 0 Å². The van der Waals surface area contributed by atoms with Gasteiger partial charge in [-0.05, 0) is 44.5 Å². The third-order valence-electron chi connectivity index (χ3n) is 4.21. The number of carbonyl (C=O) groups excluding carboxylic acids is 1. The second-order valence-corrected chi connectivity index (χ2v) is 5.76. The molecule has 1 aliphatic rings. The van der Waals surface area contributed by atoms with Gasteiger partial charge in [0, 0.05) is 13.2 Å². The molecule has 1 amide bonds. The van der Waals surface area contributed by atoms with E-state index in [-0.39, 0.29) is 11.3 Å². The third-order valence-corrected chi connectivity index (χ3v) is 4.21. The van der Waals surface area contributed by atoms with Crippen molar-refractivity contribution in [1.82, 2.24) is 15.2 Å². The van der Waals surface area contributed by atoms with Gasteiger partial charge in [0.2, 0.25) is 5.91 Å². The van der Waals surface area contributed by atoms with Crippen molar-refractivity contribution in [2.24, 2.45) is 5.41 Å². The molecule has 0 radical (unpaired) electrons. The lowest BCUT2D eigenvalue weighted by atomic mass is 9.74. The van der Waals surface area contributed by atoms with Gasteiger partial charge < -0.3 is 10.2 Å². The van der Waals surface area contributed by atoms with Gasteiger partial charge in [-0.15, -0.1) is 0 Å². The normalized spacial score (nSPS) is 17.7. The first-order chi connectivity index (χ1) is 9.68. The Balaban J connectivity index is 2.06. The van der Waals surface area contributed by atoms with Crippen molar-refractivity contribution in [3.05, 3.63) is 30.1 Å². The summed E-state index contributed by atoms with van der Waals surface area (Å²) >= 11 is 0. The average molecular weight is 275 g/mol. The predicted molar refractivity (Wildman–Crippen MR) is 80.2 cm³/mol. The Morgan fingerprint density at radius 3 is 2.75 bits per heavy atom. The van der Waals surface area contributed by atoms with Crippen molar-refractivity contribution in [2.45, 2.75) is 39.2 Å². The van der Waals surface area contributed by atoms with Gasteiger partial charge in [-0.25, -0.2) is 0 Å². The highest BCUT2D eigenvalue weighted by Gasteiger charge is 2.40. The zero-order valence-corrected chi connectivity index (χ0v) is 12.6. The van der Waals surface area contributed by atoms with Gasteiger partial charge in [-0.1, -0.05) is 19.4 Å². The van der Waals surface area contributed by atoms with Crippen LogP contribution in [-0.4, -0.2) is 35.9 Å². The molecule has 1 aliphatic heterocycles. The first kappa shape index (κ1) is 15.0. The van der Waals surface area contributed by atoms with E-state index in [0.717, 1.165) is 44.5 Å². The molecule has 0 unspecified atom stereocenters. The number of pyridine rings is 1. The van der Waals surface area contributed by atoms with Crippen LogP contribution in [0, 0.1) is 5.41 Å². The van der Waals surface area contributed by atoms with E-state index in [2.05, 4.69) is 17.2 Å². The molecule has 0 aliphatic carbocycles. The van der Waals surface area contributed by atoms with Gasteiger partial charge in [0.1, 0.15) is 0 Å². The van der Waals surface area contributed by atoms with E-state index in [0.29, 0.717) is 6.54 Å². The quantitative estimate of drug-likeness (QED) is 0.896. The van der Waals surface area contributed by atoms with Gasteiger partial charge >= 0.3 is 0 Å².